The summed E-state index contributed by atoms with van der Waals surface area (Å²) in [6.45, 7) is 7.04. The van der Waals surface area contributed by atoms with Crippen LogP contribution >= 0.6 is 0 Å². The Hall–Kier alpha value is -2.04. The van der Waals surface area contributed by atoms with Crippen LogP contribution in [0.3, 0.4) is 0 Å². The van der Waals surface area contributed by atoms with E-state index in [0.717, 1.165) is 0 Å². The van der Waals surface area contributed by atoms with E-state index in [1.165, 1.54) is 0 Å². The number of hydrogen-bond acceptors (Lipinski definition) is 9. The molecule has 0 aromatic rings. The van der Waals surface area contributed by atoms with Crippen molar-refractivity contribution in [2.45, 2.75) is 52.1 Å². The van der Waals surface area contributed by atoms with Crippen molar-refractivity contribution in [3.63, 3.8) is 0 Å². The molecule has 10 nitrogen and oxygen atoms in total. The summed E-state index contributed by atoms with van der Waals surface area (Å²) in [4.78, 5) is 50.3. The molecule has 0 aliphatic carbocycles. The number of rotatable bonds is 13. The number of carbonyl (C=O) groups excluding carboxylic acids is 4. The average molecular weight is 403 g/mol. The Morgan fingerprint density at radius 3 is 1.68 bits per heavy atom. The topological polar surface area (TPSA) is 118 Å². The van der Waals surface area contributed by atoms with Crippen LogP contribution in [0.4, 0.5) is 0 Å². The highest BCUT2D eigenvalue weighted by Crippen LogP contribution is 2.12. The molecule has 0 aromatic heterocycles. The van der Waals surface area contributed by atoms with Crippen molar-refractivity contribution in [3.05, 3.63) is 0 Å². The number of hydroxylamine groups is 2. The summed E-state index contributed by atoms with van der Waals surface area (Å²) in [6, 6.07) is 0. The Bertz CT molecular complexity index is 526. The first-order valence-electron chi connectivity index (χ1n) is 9.20. The third kappa shape index (κ3) is 11.0. The predicted molar refractivity (Wildman–Crippen MR) is 94.7 cm³/mol. The summed E-state index contributed by atoms with van der Waals surface area (Å²) in [5.41, 5.74) is -0.500. The van der Waals surface area contributed by atoms with E-state index in [-0.39, 0.29) is 51.5 Å². The molecule has 0 N–H and O–H groups in total. The third-order valence-corrected chi connectivity index (χ3v) is 3.26. The van der Waals surface area contributed by atoms with Crippen molar-refractivity contribution in [1.29, 1.82) is 0 Å². The van der Waals surface area contributed by atoms with Crippen LogP contribution in [-0.2, 0) is 43.0 Å². The Kier molecular flexibility index (Phi) is 10.6. The van der Waals surface area contributed by atoms with E-state index < -0.39 is 23.4 Å². The molecule has 0 saturated carbocycles. The van der Waals surface area contributed by atoms with Gasteiger partial charge in [-0.25, -0.2) is 4.79 Å². The molecule has 1 aliphatic heterocycles. The lowest BCUT2D eigenvalue weighted by molar-refractivity contribution is -0.198. The number of nitrogens with zero attached hydrogens (tertiary/aromatic N) is 1. The fourth-order valence-electron chi connectivity index (χ4n) is 2.05. The standard InChI is InChI=1S/C18H29NO9/c1-18(2,3)27-16(22)6-8-24-10-12-26-13-11-25-9-7-17(23)28-19-14(20)4-5-15(19)21/h4-13H2,1-3H3. The largest absolute Gasteiger partial charge is 0.460 e. The highest BCUT2D eigenvalue weighted by Gasteiger charge is 2.32. The van der Waals surface area contributed by atoms with E-state index in [2.05, 4.69) is 0 Å². The maximum atomic E-state index is 11.5. The summed E-state index contributed by atoms with van der Waals surface area (Å²) in [5, 5.41) is 0.508. The zero-order valence-corrected chi connectivity index (χ0v) is 16.7. The number of hydrogen-bond donors (Lipinski definition) is 0. The van der Waals surface area contributed by atoms with E-state index in [1.807, 2.05) is 0 Å². The molecule has 28 heavy (non-hydrogen) atoms. The van der Waals surface area contributed by atoms with Crippen LogP contribution < -0.4 is 0 Å². The minimum atomic E-state index is -0.706. The Morgan fingerprint density at radius 2 is 1.21 bits per heavy atom. The second-order valence-electron chi connectivity index (χ2n) is 6.97. The molecule has 1 rings (SSSR count). The van der Waals surface area contributed by atoms with E-state index in [1.54, 1.807) is 20.8 Å². The van der Waals surface area contributed by atoms with Gasteiger partial charge in [-0.2, -0.15) is 0 Å². The lowest BCUT2D eigenvalue weighted by atomic mass is 10.2. The van der Waals surface area contributed by atoms with Crippen molar-refractivity contribution >= 4 is 23.8 Å². The fourth-order valence-corrected chi connectivity index (χ4v) is 2.05. The van der Waals surface area contributed by atoms with Crippen LogP contribution in [0.15, 0.2) is 0 Å². The van der Waals surface area contributed by atoms with Crippen molar-refractivity contribution in [3.8, 4) is 0 Å². The first-order valence-corrected chi connectivity index (χ1v) is 9.20. The van der Waals surface area contributed by atoms with Gasteiger partial charge in [0.05, 0.1) is 52.5 Å². The van der Waals surface area contributed by atoms with Crippen LogP contribution in [0.2, 0.25) is 0 Å². The van der Waals surface area contributed by atoms with Gasteiger partial charge in [-0.3, -0.25) is 14.4 Å². The fraction of sp³-hybridized carbons (Fsp3) is 0.778. The Morgan fingerprint density at radius 1 is 0.786 bits per heavy atom. The molecule has 0 unspecified atom stereocenters. The normalized spacial score (nSPS) is 14.5. The number of amides is 2. The van der Waals surface area contributed by atoms with Gasteiger partial charge in [0.1, 0.15) is 5.60 Å². The monoisotopic (exact) mass is 403 g/mol. The van der Waals surface area contributed by atoms with Crippen LogP contribution in [0.1, 0.15) is 46.5 Å². The molecule has 10 heteroatoms. The van der Waals surface area contributed by atoms with E-state index >= 15 is 0 Å². The van der Waals surface area contributed by atoms with Crippen molar-refractivity contribution in [1.82, 2.24) is 5.06 Å². The van der Waals surface area contributed by atoms with Gasteiger partial charge in [0.2, 0.25) is 0 Å². The SMILES string of the molecule is CC(C)(C)OC(=O)CCOCCOCCOCCC(=O)ON1C(=O)CCC1=O. The molecular weight excluding hydrogens is 374 g/mol. The molecule has 1 saturated heterocycles. The minimum Gasteiger partial charge on any atom is -0.460 e. The summed E-state index contributed by atoms with van der Waals surface area (Å²) in [6.07, 6.45) is 0.227. The zero-order chi connectivity index (χ0) is 21.0. The van der Waals surface area contributed by atoms with Gasteiger partial charge in [-0.1, -0.05) is 0 Å². The summed E-state index contributed by atoms with van der Waals surface area (Å²) in [5.74, 6) is -2.04. The quantitative estimate of drug-likeness (QED) is 0.249. The van der Waals surface area contributed by atoms with E-state index in [4.69, 9.17) is 23.8 Å². The number of esters is 1. The van der Waals surface area contributed by atoms with Gasteiger partial charge in [0.15, 0.2) is 0 Å². The average Bonchev–Trinajstić information content (AvgIpc) is 2.90. The maximum Gasteiger partial charge on any atom is 0.335 e. The van der Waals surface area contributed by atoms with Crippen molar-refractivity contribution in [2.24, 2.45) is 0 Å². The lowest BCUT2D eigenvalue weighted by Crippen LogP contribution is -2.32. The van der Waals surface area contributed by atoms with Crippen molar-refractivity contribution in [2.75, 3.05) is 39.6 Å². The van der Waals surface area contributed by atoms with Gasteiger partial charge < -0.3 is 23.8 Å². The predicted octanol–water partition coefficient (Wildman–Crippen LogP) is 0.765. The summed E-state index contributed by atoms with van der Waals surface area (Å²) in [7, 11) is 0. The van der Waals surface area contributed by atoms with Gasteiger partial charge >= 0.3 is 11.9 Å². The maximum absolute atomic E-state index is 11.5. The zero-order valence-electron chi connectivity index (χ0n) is 16.7. The molecule has 160 valence electrons. The molecule has 1 aliphatic rings. The van der Waals surface area contributed by atoms with Crippen LogP contribution in [0.25, 0.3) is 0 Å². The molecule has 1 heterocycles. The molecule has 2 amide bonds. The number of carbonyl (C=O) groups is 4. The first-order chi connectivity index (χ1) is 13.2. The van der Waals surface area contributed by atoms with Crippen LogP contribution in [0.5, 0.6) is 0 Å². The van der Waals surface area contributed by atoms with Crippen molar-refractivity contribution < 1.29 is 43.0 Å². The van der Waals surface area contributed by atoms with E-state index in [0.29, 0.717) is 24.9 Å². The summed E-state index contributed by atoms with van der Waals surface area (Å²) < 4.78 is 20.9. The molecular formula is C18H29NO9. The molecule has 0 bridgehead atoms. The number of ether oxygens (including phenoxy) is 4. The highest BCUT2D eigenvalue weighted by atomic mass is 16.7. The summed E-state index contributed by atoms with van der Waals surface area (Å²) >= 11 is 0. The highest BCUT2D eigenvalue weighted by molar-refractivity contribution is 6.01. The van der Waals surface area contributed by atoms with Gasteiger partial charge in [0, 0.05) is 12.8 Å². The van der Waals surface area contributed by atoms with E-state index in [9.17, 15) is 19.2 Å². The first kappa shape index (κ1) is 24.0. The van der Waals surface area contributed by atoms with Gasteiger partial charge in [0.25, 0.3) is 11.8 Å². The third-order valence-electron chi connectivity index (χ3n) is 3.26. The lowest BCUT2D eigenvalue weighted by Gasteiger charge is -2.19. The molecule has 0 spiro atoms. The molecule has 1 fully saturated rings. The molecule has 0 aromatic carbocycles. The Balaban J connectivity index is 1.89. The number of imide groups is 1. The second kappa shape index (κ2) is 12.4. The van der Waals surface area contributed by atoms with Crippen LogP contribution in [-0.4, -0.2) is 74.1 Å². The molecule has 0 radical (unpaired) electrons. The molecule has 0 atom stereocenters. The van der Waals surface area contributed by atoms with Gasteiger partial charge in [-0.15, -0.1) is 5.06 Å². The minimum absolute atomic E-state index is 0.0602. The second-order valence-corrected chi connectivity index (χ2v) is 6.97. The Labute approximate surface area is 164 Å². The van der Waals surface area contributed by atoms with Gasteiger partial charge in [-0.05, 0) is 20.8 Å². The smallest absolute Gasteiger partial charge is 0.335 e. The van der Waals surface area contributed by atoms with Crippen LogP contribution in [0, 0.1) is 0 Å².